The van der Waals surface area contributed by atoms with E-state index in [1.165, 1.54) is 19.3 Å². The van der Waals surface area contributed by atoms with Crippen LogP contribution in [0.1, 0.15) is 50.3 Å². The second-order valence-corrected chi connectivity index (χ2v) is 7.71. The average Bonchev–Trinajstić information content (AvgIpc) is 2.79. The molecule has 0 unspecified atom stereocenters. The molecule has 1 aromatic rings. The molecule has 0 amide bonds. The van der Waals surface area contributed by atoms with Crippen molar-refractivity contribution >= 4 is 10.0 Å². The summed E-state index contributed by atoms with van der Waals surface area (Å²) in [5.41, 5.74) is 6.93. The molecule has 0 saturated heterocycles. The van der Waals surface area contributed by atoms with E-state index in [0.29, 0.717) is 17.8 Å². The number of hydrogen-bond acceptors (Lipinski definition) is 4. The van der Waals surface area contributed by atoms with Gasteiger partial charge in [-0.15, -0.1) is 0 Å². The lowest BCUT2D eigenvalue weighted by Crippen LogP contribution is -2.37. The fourth-order valence-electron chi connectivity index (χ4n) is 2.81. The predicted octanol–water partition coefficient (Wildman–Crippen LogP) is 1.43. The van der Waals surface area contributed by atoms with Gasteiger partial charge in [0.15, 0.2) is 5.03 Å². The topological polar surface area (TPSA) is 101 Å². The molecular formula is C13H24N4O2S. The van der Waals surface area contributed by atoms with E-state index in [2.05, 4.69) is 21.8 Å². The van der Waals surface area contributed by atoms with Crippen molar-refractivity contribution in [3.63, 3.8) is 0 Å². The Morgan fingerprint density at radius 3 is 2.60 bits per heavy atom. The molecule has 1 aromatic heterocycles. The van der Waals surface area contributed by atoms with E-state index >= 15 is 0 Å². The van der Waals surface area contributed by atoms with Gasteiger partial charge in [-0.2, -0.15) is 5.10 Å². The van der Waals surface area contributed by atoms with E-state index in [4.69, 9.17) is 5.73 Å². The van der Waals surface area contributed by atoms with Gasteiger partial charge in [0.2, 0.25) is 0 Å². The Bertz CT molecular complexity index is 559. The molecule has 0 bridgehead atoms. The first-order chi connectivity index (χ1) is 9.38. The number of aromatic nitrogens is 2. The van der Waals surface area contributed by atoms with Crippen LogP contribution in [0.15, 0.2) is 5.03 Å². The molecule has 4 N–H and O–H groups in total. The number of aromatic amines is 1. The Morgan fingerprint density at radius 1 is 1.35 bits per heavy atom. The van der Waals surface area contributed by atoms with Crippen LogP contribution < -0.4 is 10.5 Å². The fourth-order valence-corrected chi connectivity index (χ4v) is 4.21. The third kappa shape index (κ3) is 3.21. The number of nitrogens with one attached hydrogen (secondary N) is 2. The fraction of sp³-hybridized carbons (Fsp3) is 0.769. The summed E-state index contributed by atoms with van der Waals surface area (Å²) in [6.07, 6.45) is 5.73. The van der Waals surface area contributed by atoms with Crippen molar-refractivity contribution < 1.29 is 8.42 Å². The molecule has 0 spiro atoms. The minimum Gasteiger partial charge on any atom is -0.326 e. The van der Waals surface area contributed by atoms with Crippen molar-refractivity contribution in [3.8, 4) is 0 Å². The Morgan fingerprint density at radius 2 is 2.00 bits per heavy atom. The standard InChI is InChI=1S/C13H24N4O2S/c1-10-11(8-14)12(17-16-10)20(18,19)15-9-13(2)6-4-3-5-7-13/h15H,3-9,14H2,1-2H3,(H,16,17). The van der Waals surface area contributed by atoms with E-state index < -0.39 is 10.0 Å². The summed E-state index contributed by atoms with van der Waals surface area (Å²) in [6, 6.07) is 0. The Kier molecular flexibility index (Phi) is 4.51. The molecule has 1 aliphatic rings. The minimum absolute atomic E-state index is 0.0388. The van der Waals surface area contributed by atoms with Gasteiger partial charge in [0.1, 0.15) is 0 Å². The van der Waals surface area contributed by atoms with Crippen LogP contribution in [0.3, 0.4) is 0 Å². The second-order valence-electron chi connectivity index (χ2n) is 6.03. The molecule has 20 heavy (non-hydrogen) atoms. The zero-order chi connectivity index (χ0) is 14.8. The lowest BCUT2D eigenvalue weighted by molar-refractivity contribution is 0.219. The highest BCUT2D eigenvalue weighted by Crippen LogP contribution is 2.35. The van der Waals surface area contributed by atoms with E-state index in [1.54, 1.807) is 6.92 Å². The maximum absolute atomic E-state index is 12.4. The summed E-state index contributed by atoms with van der Waals surface area (Å²) in [4.78, 5) is 0. The summed E-state index contributed by atoms with van der Waals surface area (Å²) < 4.78 is 27.4. The monoisotopic (exact) mass is 300 g/mol. The Hall–Kier alpha value is -0.920. The lowest BCUT2D eigenvalue weighted by Gasteiger charge is -2.33. The molecule has 1 fully saturated rings. The number of sulfonamides is 1. The molecule has 7 heteroatoms. The molecule has 1 heterocycles. The molecule has 0 aromatic carbocycles. The van der Waals surface area contributed by atoms with E-state index in [1.807, 2.05) is 0 Å². The minimum atomic E-state index is -3.59. The summed E-state index contributed by atoms with van der Waals surface area (Å²) in [7, 11) is -3.59. The van der Waals surface area contributed by atoms with Crippen LogP contribution >= 0.6 is 0 Å². The van der Waals surface area contributed by atoms with Crippen molar-refractivity contribution in [3.05, 3.63) is 11.3 Å². The quantitative estimate of drug-likeness (QED) is 0.765. The molecule has 2 rings (SSSR count). The third-order valence-corrected chi connectivity index (χ3v) is 5.62. The van der Waals surface area contributed by atoms with Gasteiger partial charge in [-0.25, -0.2) is 13.1 Å². The van der Waals surface area contributed by atoms with Crippen LogP contribution in [0.25, 0.3) is 0 Å². The SMILES string of the molecule is Cc1[nH]nc(S(=O)(=O)NCC2(C)CCCCC2)c1CN. The number of nitrogens with zero attached hydrogens (tertiary/aromatic N) is 1. The molecule has 0 aliphatic heterocycles. The number of rotatable bonds is 5. The molecule has 114 valence electrons. The number of aryl methyl sites for hydroxylation is 1. The molecule has 0 radical (unpaired) electrons. The van der Waals surface area contributed by atoms with E-state index in [-0.39, 0.29) is 17.0 Å². The molecular weight excluding hydrogens is 276 g/mol. The number of H-pyrrole nitrogens is 1. The molecule has 0 atom stereocenters. The van der Waals surface area contributed by atoms with Gasteiger partial charge in [-0.3, -0.25) is 5.10 Å². The van der Waals surface area contributed by atoms with Crippen LogP contribution in [0.4, 0.5) is 0 Å². The highest BCUT2D eigenvalue weighted by molar-refractivity contribution is 7.89. The summed E-state index contributed by atoms with van der Waals surface area (Å²) >= 11 is 0. The highest BCUT2D eigenvalue weighted by atomic mass is 32.2. The van der Waals surface area contributed by atoms with E-state index in [0.717, 1.165) is 12.8 Å². The van der Waals surface area contributed by atoms with Crippen LogP contribution in [0.5, 0.6) is 0 Å². The van der Waals surface area contributed by atoms with Crippen molar-refractivity contribution in [1.29, 1.82) is 0 Å². The van der Waals surface area contributed by atoms with Crippen LogP contribution in [-0.4, -0.2) is 25.2 Å². The van der Waals surface area contributed by atoms with Crippen LogP contribution in [-0.2, 0) is 16.6 Å². The maximum atomic E-state index is 12.4. The molecule has 1 saturated carbocycles. The van der Waals surface area contributed by atoms with Gasteiger partial charge < -0.3 is 5.73 Å². The van der Waals surface area contributed by atoms with Gasteiger partial charge >= 0.3 is 0 Å². The van der Waals surface area contributed by atoms with Crippen LogP contribution in [0.2, 0.25) is 0 Å². The first kappa shape index (κ1) is 15.5. The van der Waals surface area contributed by atoms with Crippen molar-refractivity contribution in [2.45, 2.75) is 57.5 Å². The van der Waals surface area contributed by atoms with Gasteiger partial charge in [-0.1, -0.05) is 26.2 Å². The number of hydrogen-bond donors (Lipinski definition) is 3. The second kappa shape index (κ2) is 5.83. The first-order valence-electron chi connectivity index (χ1n) is 7.11. The highest BCUT2D eigenvalue weighted by Gasteiger charge is 2.30. The zero-order valence-corrected chi connectivity index (χ0v) is 13.0. The summed E-state index contributed by atoms with van der Waals surface area (Å²) in [6.45, 7) is 4.55. The normalized spacial score (nSPS) is 19.1. The molecule has 1 aliphatic carbocycles. The summed E-state index contributed by atoms with van der Waals surface area (Å²) in [5.74, 6) is 0. The lowest BCUT2D eigenvalue weighted by atomic mass is 9.76. The van der Waals surface area contributed by atoms with Crippen molar-refractivity contribution in [2.75, 3.05) is 6.54 Å². The van der Waals surface area contributed by atoms with Gasteiger partial charge in [0.05, 0.1) is 0 Å². The number of nitrogens with two attached hydrogens (primary N) is 1. The Balaban J connectivity index is 2.11. The van der Waals surface area contributed by atoms with Crippen molar-refractivity contribution in [1.82, 2.24) is 14.9 Å². The molecule has 6 nitrogen and oxygen atoms in total. The first-order valence-corrected chi connectivity index (χ1v) is 8.60. The van der Waals surface area contributed by atoms with Crippen molar-refractivity contribution in [2.24, 2.45) is 11.1 Å². The predicted molar refractivity (Wildman–Crippen MR) is 77.6 cm³/mol. The van der Waals surface area contributed by atoms with E-state index in [9.17, 15) is 8.42 Å². The summed E-state index contributed by atoms with van der Waals surface area (Å²) in [5, 5.41) is 6.62. The van der Waals surface area contributed by atoms with Gasteiger partial charge in [0, 0.05) is 24.3 Å². The maximum Gasteiger partial charge on any atom is 0.260 e. The van der Waals surface area contributed by atoms with Crippen LogP contribution in [0, 0.1) is 12.3 Å². The average molecular weight is 300 g/mol. The third-order valence-electron chi connectivity index (χ3n) is 4.24. The zero-order valence-electron chi connectivity index (χ0n) is 12.2. The van der Waals surface area contributed by atoms with Gasteiger partial charge in [0.25, 0.3) is 10.0 Å². The Labute approximate surface area is 120 Å². The largest absolute Gasteiger partial charge is 0.326 e. The van der Waals surface area contributed by atoms with Gasteiger partial charge in [-0.05, 0) is 25.2 Å². The smallest absolute Gasteiger partial charge is 0.260 e.